The molecule has 0 unspecified atom stereocenters. The first-order valence-electron chi connectivity index (χ1n) is 12.2. The Morgan fingerprint density at radius 2 is 1.68 bits per heavy atom. The second-order valence-electron chi connectivity index (χ2n) is 8.60. The van der Waals surface area contributed by atoms with Crippen LogP contribution in [0.3, 0.4) is 0 Å². The van der Waals surface area contributed by atoms with Crippen molar-refractivity contribution < 1.29 is 28.2 Å². The summed E-state index contributed by atoms with van der Waals surface area (Å²) >= 11 is 0. The van der Waals surface area contributed by atoms with Crippen LogP contribution in [0.4, 0.5) is 4.39 Å². The van der Waals surface area contributed by atoms with E-state index in [0.29, 0.717) is 35.8 Å². The maximum absolute atomic E-state index is 14.1. The number of hydrogen-bond donors (Lipinski definition) is 1. The van der Waals surface area contributed by atoms with Crippen LogP contribution in [0.5, 0.6) is 11.5 Å². The fourth-order valence-corrected chi connectivity index (χ4v) is 3.74. The molecule has 0 atom stereocenters. The van der Waals surface area contributed by atoms with Gasteiger partial charge in [-0.1, -0.05) is 31.2 Å². The molecule has 3 rings (SSSR count). The van der Waals surface area contributed by atoms with Crippen molar-refractivity contribution >= 4 is 11.8 Å². The SMILES string of the molecule is CCc1ccccc1-c1cc(F)ccc1OCC(=O)N(NC(=O)c1ccc(OCCOC)cc1)C(C)C. The van der Waals surface area contributed by atoms with E-state index in [9.17, 15) is 14.0 Å². The van der Waals surface area contributed by atoms with Gasteiger partial charge in [-0.15, -0.1) is 0 Å². The summed E-state index contributed by atoms with van der Waals surface area (Å²) in [6, 6.07) is 18.2. The zero-order valence-electron chi connectivity index (χ0n) is 21.6. The van der Waals surface area contributed by atoms with E-state index >= 15 is 0 Å². The monoisotopic (exact) mass is 508 g/mol. The van der Waals surface area contributed by atoms with Gasteiger partial charge in [0.2, 0.25) is 0 Å². The van der Waals surface area contributed by atoms with Gasteiger partial charge in [0.15, 0.2) is 6.61 Å². The Bertz CT molecular complexity index is 1200. The third-order valence-electron chi connectivity index (χ3n) is 5.66. The quantitative estimate of drug-likeness (QED) is 0.290. The Morgan fingerprint density at radius 3 is 2.35 bits per heavy atom. The number of benzene rings is 3. The molecule has 0 spiro atoms. The number of carbonyl (C=O) groups excluding carboxylic acids is 2. The number of halogens is 1. The van der Waals surface area contributed by atoms with Crippen molar-refractivity contribution in [1.82, 2.24) is 10.4 Å². The molecule has 3 aromatic rings. The number of nitrogens with zero attached hydrogens (tertiary/aromatic N) is 1. The zero-order valence-corrected chi connectivity index (χ0v) is 21.6. The van der Waals surface area contributed by atoms with Crippen molar-refractivity contribution in [3.63, 3.8) is 0 Å². The third-order valence-corrected chi connectivity index (χ3v) is 5.66. The minimum Gasteiger partial charge on any atom is -0.491 e. The highest BCUT2D eigenvalue weighted by Crippen LogP contribution is 2.33. The number of carbonyl (C=O) groups is 2. The van der Waals surface area contributed by atoms with Crippen LogP contribution in [0, 0.1) is 5.82 Å². The van der Waals surface area contributed by atoms with E-state index in [-0.39, 0.29) is 12.6 Å². The number of ether oxygens (including phenoxy) is 3. The topological polar surface area (TPSA) is 77.1 Å². The lowest BCUT2D eigenvalue weighted by atomic mass is 9.97. The Balaban J connectivity index is 1.69. The molecule has 0 saturated heterocycles. The van der Waals surface area contributed by atoms with Crippen molar-refractivity contribution in [2.75, 3.05) is 26.9 Å². The average Bonchev–Trinajstić information content (AvgIpc) is 2.91. The zero-order chi connectivity index (χ0) is 26.8. The lowest BCUT2D eigenvalue weighted by molar-refractivity contribution is -0.137. The Hall–Kier alpha value is -3.91. The Kier molecular flexibility index (Phi) is 10.0. The number of nitrogens with one attached hydrogen (secondary N) is 1. The highest BCUT2D eigenvalue weighted by molar-refractivity contribution is 5.95. The smallest absolute Gasteiger partial charge is 0.279 e. The first kappa shape index (κ1) is 27.7. The van der Waals surface area contributed by atoms with Crippen LogP contribution in [0.2, 0.25) is 0 Å². The summed E-state index contributed by atoms with van der Waals surface area (Å²) in [5, 5.41) is 1.23. The van der Waals surface area contributed by atoms with E-state index in [0.717, 1.165) is 17.5 Å². The van der Waals surface area contributed by atoms with Gasteiger partial charge in [-0.3, -0.25) is 15.0 Å². The van der Waals surface area contributed by atoms with Crippen LogP contribution in [-0.4, -0.2) is 49.8 Å². The lowest BCUT2D eigenvalue weighted by Gasteiger charge is -2.27. The summed E-state index contributed by atoms with van der Waals surface area (Å²) in [5.41, 5.74) is 5.48. The Morgan fingerprint density at radius 1 is 0.946 bits per heavy atom. The predicted octanol–water partition coefficient (Wildman–Crippen LogP) is 5.04. The summed E-state index contributed by atoms with van der Waals surface area (Å²) in [6.07, 6.45) is 0.762. The maximum Gasteiger partial charge on any atom is 0.279 e. The number of hydrazine groups is 1. The van der Waals surface area contributed by atoms with E-state index in [4.69, 9.17) is 14.2 Å². The molecular formula is C29H33FN2O5. The van der Waals surface area contributed by atoms with Gasteiger partial charge in [0.1, 0.15) is 23.9 Å². The van der Waals surface area contributed by atoms with Crippen molar-refractivity contribution in [2.45, 2.75) is 33.2 Å². The molecule has 0 fully saturated rings. The maximum atomic E-state index is 14.1. The van der Waals surface area contributed by atoms with E-state index in [1.807, 2.05) is 31.2 Å². The van der Waals surface area contributed by atoms with Crippen LogP contribution in [0.1, 0.15) is 36.7 Å². The largest absolute Gasteiger partial charge is 0.491 e. The normalized spacial score (nSPS) is 10.8. The summed E-state index contributed by atoms with van der Waals surface area (Å²) in [7, 11) is 1.59. The highest BCUT2D eigenvalue weighted by atomic mass is 19.1. The van der Waals surface area contributed by atoms with Gasteiger partial charge in [0.25, 0.3) is 11.8 Å². The molecule has 0 bridgehead atoms. The molecule has 2 amide bonds. The molecule has 3 aromatic carbocycles. The minimum atomic E-state index is -0.443. The summed E-state index contributed by atoms with van der Waals surface area (Å²) in [6.45, 7) is 6.11. The van der Waals surface area contributed by atoms with Crippen LogP contribution in [-0.2, 0) is 16.0 Å². The van der Waals surface area contributed by atoms with Crippen LogP contribution in [0.25, 0.3) is 11.1 Å². The van der Waals surface area contributed by atoms with Crippen molar-refractivity contribution in [3.05, 3.63) is 83.7 Å². The highest BCUT2D eigenvalue weighted by Gasteiger charge is 2.22. The molecule has 7 nitrogen and oxygen atoms in total. The van der Waals surface area contributed by atoms with Crippen molar-refractivity contribution in [2.24, 2.45) is 0 Å². The predicted molar refractivity (Wildman–Crippen MR) is 140 cm³/mol. The second kappa shape index (κ2) is 13.4. The number of methoxy groups -OCH3 is 1. The molecule has 0 aromatic heterocycles. The molecular weight excluding hydrogens is 475 g/mol. The van der Waals surface area contributed by atoms with Crippen LogP contribution < -0.4 is 14.9 Å². The molecule has 0 saturated carbocycles. The molecule has 196 valence electrons. The molecule has 1 N–H and O–H groups in total. The lowest BCUT2D eigenvalue weighted by Crippen LogP contribution is -2.51. The van der Waals surface area contributed by atoms with Crippen LogP contribution >= 0.6 is 0 Å². The van der Waals surface area contributed by atoms with Crippen molar-refractivity contribution in [1.29, 1.82) is 0 Å². The number of amides is 2. The number of rotatable bonds is 11. The summed E-state index contributed by atoms with van der Waals surface area (Å²) < 4.78 is 30.4. The number of aryl methyl sites for hydroxylation is 1. The molecule has 0 aliphatic heterocycles. The third kappa shape index (κ3) is 7.54. The summed E-state index contributed by atoms with van der Waals surface area (Å²) in [4.78, 5) is 25.9. The van der Waals surface area contributed by atoms with Crippen LogP contribution in [0.15, 0.2) is 66.7 Å². The second-order valence-corrected chi connectivity index (χ2v) is 8.60. The van der Waals surface area contributed by atoms with E-state index in [1.165, 1.54) is 23.2 Å². The number of hydrogen-bond acceptors (Lipinski definition) is 5. The average molecular weight is 509 g/mol. The first-order valence-corrected chi connectivity index (χ1v) is 12.2. The van der Waals surface area contributed by atoms with E-state index in [1.54, 1.807) is 45.2 Å². The van der Waals surface area contributed by atoms with E-state index < -0.39 is 17.6 Å². The van der Waals surface area contributed by atoms with Gasteiger partial charge >= 0.3 is 0 Å². The van der Waals surface area contributed by atoms with Crippen molar-refractivity contribution in [3.8, 4) is 22.6 Å². The first-order chi connectivity index (χ1) is 17.8. The minimum absolute atomic E-state index is 0.329. The molecule has 0 radical (unpaired) electrons. The molecule has 0 heterocycles. The van der Waals surface area contributed by atoms with Gasteiger partial charge in [-0.2, -0.15) is 0 Å². The standard InChI is InChI=1S/C29H33FN2O5/c1-5-21-8-6-7-9-25(21)26-18-23(30)12-15-27(26)37-19-28(33)32(20(2)3)31-29(34)22-10-13-24(14-11-22)36-17-16-35-4/h6-15,18,20H,5,16-17,19H2,1-4H3,(H,31,34). The molecule has 0 aliphatic rings. The van der Waals surface area contributed by atoms with E-state index in [2.05, 4.69) is 5.43 Å². The Labute approximate surface area is 217 Å². The van der Waals surface area contributed by atoms with Gasteiger partial charge in [-0.05, 0) is 73.9 Å². The summed E-state index contributed by atoms with van der Waals surface area (Å²) in [5.74, 6) is -0.286. The molecule has 8 heteroatoms. The van der Waals surface area contributed by atoms with Gasteiger partial charge in [0.05, 0.1) is 6.61 Å². The van der Waals surface area contributed by atoms with Gasteiger partial charge < -0.3 is 14.2 Å². The molecule has 0 aliphatic carbocycles. The van der Waals surface area contributed by atoms with Gasteiger partial charge in [0, 0.05) is 24.3 Å². The fraction of sp³-hybridized carbons (Fsp3) is 0.310. The molecule has 37 heavy (non-hydrogen) atoms. The van der Waals surface area contributed by atoms with Gasteiger partial charge in [-0.25, -0.2) is 9.40 Å². The fourth-order valence-electron chi connectivity index (χ4n) is 3.74.